The summed E-state index contributed by atoms with van der Waals surface area (Å²) in [5.41, 5.74) is 4.14. The number of morpholine rings is 1. The molecule has 2 aromatic carbocycles. The number of anilines is 1. The van der Waals surface area contributed by atoms with Crippen LogP contribution in [0.2, 0.25) is 0 Å². The van der Waals surface area contributed by atoms with Gasteiger partial charge in [0.25, 0.3) is 6.43 Å². The van der Waals surface area contributed by atoms with E-state index in [1.807, 2.05) is 36.4 Å². The fourth-order valence-corrected chi connectivity index (χ4v) is 4.30. The molecule has 1 amide bonds. The molecule has 0 saturated carbocycles. The van der Waals surface area contributed by atoms with Crippen molar-refractivity contribution in [3.63, 3.8) is 0 Å². The predicted molar refractivity (Wildman–Crippen MR) is 135 cm³/mol. The lowest BCUT2D eigenvalue weighted by Crippen LogP contribution is -2.35. The van der Waals surface area contributed by atoms with E-state index in [1.165, 1.54) is 12.1 Å². The zero-order valence-corrected chi connectivity index (χ0v) is 19.7. The summed E-state index contributed by atoms with van der Waals surface area (Å²) in [5.74, 6) is -0.183. The Balaban J connectivity index is 1.29. The summed E-state index contributed by atoms with van der Waals surface area (Å²) in [6.07, 6.45) is -0.753. The average molecular weight is 489 g/mol. The van der Waals surface area contributed by atoms with Gasteiger partial charge in [-0.25, -0.2) is 13.8 Å². The summed E-state index contributed by atoms with van der Waals surface area (Å²) < 4.78 is 31.7. The number of nitrogens with zero attached hydrogens (tertiary/aromatic N) is 3. The second kappa shape index (κ2) is 10.9. The number of aromatic nitrogens is 2. The molecule has 1 aliphatic rings. The molecule has 8 heteroatoms. The van der Waals surface area contributed by atoms with Gasteiger partial charge in [-0.05, 0) is 29.8 Å². The average Bonchev–Trinajstić information content (AvgIpc) is 2.90. The summed E-state index contributed by atoms with van der Waals surface area (Å²) in [6, 6.07) is 19.3. The summed E-state index contributed by atoms with van der Waals surface area (Å²) in [7, 11) is 0. The van der Waals surface area contributed by atoms with Crippen LogP contribution in [0.15, 0.2) is 72.9 Å². The maximum atomic E-state index is 13.2. The highest BCUT2D eigenvalue weighted by atomic mass is 19.3. The number of pyridine rings is 2. The largest absolute Gasteiger partial charge is 0.379 e. The Bertz CT molecular complexity index is 1360. The molecule has 0 aliphatic carbocycles. The normalized spacial score (nSPS) is 14.3. The van der Waals surface area contributed by atoms with Gasteiger partial charge in [0.15, 0.2) is 0 Å². The van der Waals surface area contributed by atoms with Crippen molar-refractivity contribution in [3.05, 3.63) is 89.7 Å². The van der Waals surface area contributed by atoms with E-state index < -0.39 is 6.43 Å². The monoisotopic (exact) mass is 488 g/mol. The lowest BCUT2D eigenvalue weighted by molar-refractivity contribution is -0.115. The van der Waals surface area contributed by atoms with E-state index in [9.17, 15) is 13.6 Å². The highest BCUT2D eigenvalue weighted by molar-refractivity contribution is 5.95. The number of ether oxygens (including phenoxy) is 1. The van der Waals surface area contributed by atoms with Crippen LogP contribution in [-0.2, 0) is 22.5 Å². The fourth-order valence-electron chi connectivity index (χ4n) is 4.30. The van der Waals surface area contributed by atoms with Gasteiger partial charge in [0.05, 0.1) is 48.4 Å². The van der Waals surface area contributed by atoms with Crippen LogP contribution in [0, 0.1) is 0 Å². The Morgan fingerprint density at radius 1 is 1.03 bits per heavy atom. The van der Waals surface area contributed by atoms with Crippen molar-refractivity contribution in [1.29, 1.82) is 0 Å². The van der Waals surface area contributed by atoms with E-state index in [0.29, 0.717) is 22.5 Å². The first-order chi connectivity index (χ1) is 17.5. The number of benzene rings is 2. The van der Waals surface area contributed by atoms with Crippen LogP contribution in [0.4, 0.5) is 14.5 Å². The number of alkyl halides is 2. The molecule has 1 fully saturated rings. The van der Waals surface area contributed by atoms with E-state index in [0.717, 1.165) is 49.5 Å². The molecule has 184 valence electrons. The van der Waals surface area contributed by atoms with Crippen molar-refractivity contribution in [2.24, 2.45) is 0 Å². The van der Waals surface area contributed by atoms with E-state index in [2.05, 4.69) is 15.2 Å². The lowest BCUT2D eigenvalue weighted by Gasteiger charge is -2.26. The molecule has 6 nitrogen and oxygen atoms in total. The van der Waals surface area contributed by atoms with Gasteiger partial charge in [-0.3, -0.25) is 14.7 Å². The van der Waals surface area contributed by atoms with E-state index in [4.69, 9.17) is 9.72 Å². The van der Waals surface area contributed by atoms with Crippen molar-refractivity contribution in [2.75, 3.05) is 31.6 Å². The third kappa shape index (κ3) is 5.72. The topological polar surface area (TPSA) is 67.4 Å². The van der Waals surface area contributed by atoms with Gasteiger partial charge in [0.1, 0.15) is 0 Å². The van der Waals surface area contributed by atoms with E-state index in [1.54, 1.807) is 24.4 Å². The smallest absolute Gasteiger partial charge is 0.263 e. The Hall–Kier alpha value is -3.75. The summed E-state index contributed by atoms with van der Waals surface area (Å²) in [6.45, 7) is 4.00. The third-order valence-corrected chi connectivity index (χ3v) is 6.19. The Morgan fingerprint density at radius 2 is 1.86 bits per heavy atom. The third-order valence-electron chi connectivity index (χ3n) is 6.19. The van der Waals surface area contributed by atoms with Crippen molar-refractivity contribution in [1.82, 2.24) is 14.9 Å². The molecule has 0 atom stereocenters. The standard InChI is InChI=1S/C28H26F2N4O2/c29-28(30)22-6-2-4-20(15-22)25-10-7-19-3-1-5-21(27(19)33-25)16-26(35)32-23-8-9-24(31-17-23)18-34-11-13-36-14-12-34/h1-10,15,17,28H,11-14,16,18H2,(H,32,35). The van der Waals surface area contributed by atoms with Gasteiger partial charge in [-0.1, -0.05) is 42.5 Å². The van der Waals surface area contributed by atoms with Crippen molar-refractivity contribution >= 4 is 22.5 Å². The number of nitrogens with one attached hydrogen (secondary N) is 1. The SMILES string of the molecule is O=C(Cc1cccc2ccc(-c3cccc(C(F)F)c3)nc12)Nc1ccc(CN2CCOCC2)nc1. The minimum absolute atomic E-state index is 0.0494. The van der Waals surface area contributed by atoms with Crippen molar-refractivity contribution in [3.8, 4) is 11.3 Å². The van der Waals surface area contributed by atoms with Crippen LogP contribution < -0.4 is 5.32 Å². The molecule has 0 spiro atoms. The number of carbonyl (C=O) groups is 1. The second-order valence-electron chi connectivity index (χ2n) is 8.76. The summed E-state index contributed by atoms with van der Waals surface area (Å²) >= 11 is 0. The Labute approximate surface area is 207 Å². The molecule has 1 aliphatic heterocycles. The van der Waals surface area contributed by atoms with Crippen LogP contribution >= 0.6 is 0 Å². The number of hydrogen-bond donors (Lipinski definition) is 1. The number of amides is 1. The highest BCUT2D eigenvalue weighted by Gasteiger charge is 2.14. The van der Waals surface area contributed by atoms with Crippen LogP contribution in [0.1, 0.15) is 23.2 Å². The van der Waals surface area contributed by atoms with Gasteiger partial charge in [0, 0.05) is 36.1 Å². The van der Waals surface area contributed by atoms with Crippen LogP contribution in [-0.4, -0.2) is 47.1 Å². The molecular formula is C28H26F2N4O2. The molecule has 2 aromatic heterocycles. The molecule has 1 N–H and O–H groups in total. The second-order valence-corrected chi connectivity index (χ2v) is 8.76. The Morgan fingerprint density at radius 3 is 2.64 bits per heavy atom. The van der Waals surface area contributed by atoms with Crippen LogP contribution in [0.25, 0.3) is 22.2 Å². The summed E-state index contributed by atoms with van der Waals surface area (Å²) in [4.78, 5) is 24.3. The lowest BCUT2D eigenvalue weighted by atomic mass is 10.0. The zero-order valence-electron chi connectivity index (χ0n) is 19.7. The molecular weight excluding hydrogens is 462 g/mol. The molecule has 0 radical (unpaired) electrons. The molecule has 1 saturated heterocycles. The number of hydrogen-bond acceptors (Lipinski definition) is 5. The number of carbonyl (C=O) groups excluding carboxylic acids is 1. The number of rotatable bonds is 7. The summed E-state index contributed by atoms with van der Waals surface area (Å²) in [5, 5.41) is 3.78. The molecule has 5 rings (SSSR count). The first kappa shape index (κ1) is 24.0. The minimum Gasteiger partial charge on any atom is -0.379 e. The van der Waals surface area contributed by atoms with Crippen LogP contribution in [0.5, 0.6) is 0 Å². The van der Waals surface area contributed by atoms with Crippen molar-refractivity contribution in [2.45, 2.75) is 19.4 Å². The van der Waals surface area contributed by atoms with Gasteiger partial charge in [-0.15, -0.1) is 0 Å². The van der Waals surface area contributed by atoms with Gasteiger partial charge >= 0.3 is 0 Å². The van der Waals surface area contributed by atoms with Gasteiger partial charge < -0.3 is 10.1 Å². The predicted octanol–water partition coefficient (Wildman–Crippen LogP) is 5.25. The molecule has 3 heterocycles. The molecule has 36 heavy (non-hydrogen) atoms. The number of fused-ring (bicyclic) bond motifs is 1. The van der Waals surface area contributed by atoms with Crippen molar-refractivity contribution < 1.29 is 18.3 Å². The first-order valence-corrected chi connectivity index (χ1v) is 11.9. The maximum absolute atomic E-state index is 13.2. The van der Waals surface area contributed by atoms with Gasteiger partial charge in [-0.2, -0.15) is 0 Å². The van der Waals surface area contributed by atoms with E-state index in [-0.39, 0.29) is 17.9 Å². The fraction of sp³-hybridized carbons (Fsp3) is 0.250. The molecule has 4 aromatic rings. The zero-order chi connectivity index (χ0) is 24.9. The Kier molecular flexibility index (Phi) is 7.25. The first-order valence-electron chi connectivity index (χ1n) is 11.9. The van der Waals surface area contributed by atoms with Crippen LogP contribution in [0.3, 0.4) is 0 Å². The maximum Gasteiger partial charge on any atom is 0.263 e. The molecule has 0 bridgehead atoms. The molecule has 0 unspecified atom stereocenters. The quantitative estimate of drug-likeness (QED) is 0.385. The van der Waals surface area contributed by atoms with Gasteiger partial charge in [0.2, 0.25) is 5.91 Å². The number of halogens is 2. The minimum atomic E-state index is -2.55. The number of para-hydroxylation sites is 1. The van der Waals surface area contributed by atoms with E-state index >= 15 is 0 Å². The highest BCUT2D eigenvalue weighted by Crippen LogP contribution is 2.27.